The van der Waals surface area contributed by atoms with E-state index in [9.17, 15) is 13.2 Å². The van der Waals surface area contributed by atoms with E-state index in [-0.39, 0.29) is 18.5 Å². The van der Waals surface area contributed by atoms with Crippen molar-refractivity contribution in [2.45, 2.75) is 19.9 Å². The van der Waals surface area contributed by atoms with Crippen LogP contribution in [0.15, 0.2) is 29.4 Å². The number of carbonyl (C=O) groups excluding carboxylic acids is 1. The molecule has 0 saturated heterocycles. The van der Waals surface area contributed by atoms with E-state index in [2.05, 4.69) is 4.99 Å². The molecule has 0 amide bonds. The zero-order chi connectivity index (χ0) is 14.6. The molecule has 1 aromatic heterocycles. The van der Waals surface area contributed by atoms with Crippen molar-refractivity contribution in [1.29, 1.82) is 0 Å². The number of hydrogen-bond donors (Lipinski definition) is 0. The number of sulfonamides is 1. The molecular formula is C12H19N3O3S. The van der Waals surface area contributed by atoms with E-state index in [0.29, 0.717) is 5.49 Å². The summed E-state index contributed by atoms with van der Waals surface area (Å²) in [6.45, 7) is 3.60. The number of aromatic nitrogens is 1. The number of nitrogens with zero attached hydrogens (tertiary/aromatic N) is 3. The molecule has 0 bridgehead atoms. The van der Waals surface area contributed by atoms with E-state index in [1.807, 2.05) is 13.8 Å². The molecule has 0 radical (unpaired) electrons. The van der Waals surface area contributed by atoms with Gasteiger partial charge in [0, 0.05) is 19.3 Å². The molecule has 0 aromatic carbocycles. The Morgan fingerprint density at radius 3 is 2.58 bits per heavy atom. The van der Waals surface area contributed by atoms with Crippen molar-refractivity contribution in [3.63, 3.8) is 0 Å². The van der Waals surface area contributed by atoms with Gasteiger partial charge in [-0.15, -0.1) is 0 Å². The van der Waals surface area contributed by atoms with Crippen LogP contribution in [-0.4, -0.2) is 49.1 Å². The van der Waals surface area contributed by atoms with Crippen molar-refractivity contribution < 1.29 is 13.2 Å². The van der Waals surface area contributed by atoms with Gasteiger partial charge in [0.15, 0.2) is 0 Å². The van der Waals surface area contributed by atoms with Crippen LogP contribution >= 0.6 is 0 Å². The molecule has 0 spiro atoms. The van der Waals surface area contributed by atoms with Gasteiger partial charge in [-0.25, -0.2) is 8.42 Å². The largest absolute Gasteiger partial charge is 0.273 e. The van der Waals surface area contributed by atoms with Gasteiger partial charge in [-0.3, -0.25) is 14.4 Å². The fourth-order valence-corrected chi connectivity index (χ4v) is 1.74. The van der Waals surface area contributed by atoms with Crippen molar-refractivity contribution in [3.05, 3.63) is 29.9 Å². The molecule has 0 N–H and O–H groups in total. The fourth-order valence-electron chi connectivity index (χ4n) is 1.40. The Bertz CT molecular complexity index is 617. The van der Waals surface area contributed by atoms with Gasteiger partial charge in [0.1, 0.15) is 5.49 Å². The lowest BCUT2D eigenvalue weighted by atomic mass is 10.4. The van der Waals surface area contributed by atoms with Crippen molar-refractivity contribution in [2.75, 3.05) is 19.8 Å². The van der Waals surface area contributed by atoms with E-state index in [1.54, 1.807) is 24.4 Å². The highest BCUT2D eigenvalue weighted by atomic mass is 32.2. The van der Waals surface area contributed by atoms with Crippen LogP contribution in [0.2, 0.25) is 0 Å². The lowest BCUT2D eigenvalue weighted by Crippen LogP contribution is -2.37. The van der Waals surface area contributed by atoms with Gasteiger partial charge in [-0.05, 0) is 26.0 Å². The Kier molecular flexibility index (Phi) is 5.02. The van der Waals surface area contributed by atoms with Gasteiger partial charge in [0.25, 0.3) is 0 Å². The molecule has 0 aliphatic heterocycles. The van der Waals surface area contributed by atoms with Crippen molar-refractivity contribution in [1.82, 2.24) is 8.87 Å². The zero-order valence-corrected chi connectivity index (χ0v) is 12.4. The van der Waals surface area contributed by atoms with Gasteiger partial charge in [0.2, 0.25) is 15.9 Å². The molecule has 0 fully saturated rings. The summed E-state index contributed by atoms with van der Waals surface area (Å²) in [5.74, 6) is -0.340. The molecule has 19 heavy (non-hydrogen) atoms. The highest BCUT2D eigenvalue weighted by Gasteiger charge is 2.16. The number of carbonyl (C=O) groups is 1. The third-order valence-electron chi connectivity index (χ3n) is 2.42. The van der Waals surface area contributed by atoms with Crippen LogP contribution in [0, 0.1) is 0 Å². The smallest absolute Gasteiger partial charge is 0.247 e. The van der Waals surface area contributed by atoms with Gasteiger partial charge in [0.05, 0.1) is 12.8 Å². The molecule has 1 rings (SSSR count). The number of likely N-dealkylation sites (N-methyl/N-ethyl adjacent to an activating group) is 1. The quantitative estimate of drug-likeness (QED) is 0.800. The Hall–Kier alpha value is -1.47. The van der Waals surface area contributed by atoms with Gasteiger partial charge >= 0.3 is 0 Å². The van der Waals surface area contributed by atoms with E-state index in [0.717, 1.165) is 10.6 Å². The second-order valence-electron chi connectivity index (χ2n) is 4.56. The van der Waals surface area contributed by atoms with Gasteiger partial charge in [-0.1, -0.05) is 6.07 Å². The first-order valence-electron chi connectivity index (χ1n) is 5.88. The van der Waals surface area contributed by atoms with E-state index in [1.165, 1.54) is 11.6 Å². The minimum Gasteiger partial charge on any atom is -0.273 e. The molecule has 0 aliphatic rings. The Labute approximate surface area is 113 Å². The normalized spacial score (nSPS) is 13.3. The van der Waals surface area contributed by atoms with E-state index < -0.39 is 10.0 Å². The van der Waals surface area contributed by atoms with Crippen LogP contribution in [0.5, 0.6) is 0 Å². The lowest BCUT2D eigenvalue weighted by molar-refractivity contribution is 0.0887. The molecule has 0 unspecified atom stereocenters. The second-order valence-corrected chi connectivity index (χ2v) is 6.65. The highest BCUT2D eigenvalue weighted by Crippen LogP contribution is 1.94. The maximum Gasteiger partial charge on any atom is 0.247 e. The minimum atomic E-state index is -3.37. The van der Waals surface area contributed by atoms with Crippen LogP contribution in [0.4, 0.5) is 0 Å². The number of pyridine rings is 1. The second kappa shape index (κ2) is 6.12. The first kappa shape index (κ1) is 15.6. The molecule has 1 aromatic rings. The average Bonchev–Trinajstić information content (AvgIpc) is 2.27. The van der Waals surface area contributed by atoms with Crippen LogP contribution in [0.25, 0.3) is 0 Å². The average molecular weight is 285 g/mol. The Morgan fingerprint density at radius 2 is 2.05 bits per heavy atom. The molecule has 1 heterocycles. The summed E-state index contributed by atoms with van der Waals surface area (Å²) in [6.07, 6.45) is 2.65. The maximum absolute atomic E-state index is 12.1. The monoisotopic (exact) mass is 285 g/mol. The van der Waals surface area contributed by atoms with Crippen LogP contribution < -0.4 is 5.49 Å². The summed E-state index contributed by atoms with van der Waals surface area (Å²) >= 11 is 0. The van der Waals surface area contributed by atoms with Crippen molar-refractivity contribution >= 4 is 15.9 Å². The van der Waals surface area contributed by atoms with Gasteiger partial charge in [-0.2, -0.15) is 4.31 Å². The summed E-state index contributed by atoms with van der Waals surface area (Å²) in [6, 6.07) is 5.26. The Morgan fingerprint density at radius 1 is 1.42 bits per heavy atom. The first-order valence-corrected chi connectivity index (χ1v) is 7.72. The van der Waals surface area contributed by atoms with Crippen LogP contribution in [0.1, 0.15) is 18.6 Å². The zero-order valence-electron chi connectivity index (χ0n) is 11.6. The summed E-state index contributed by atoms with van der Waals surface area (Å²) in [4.78, 5) is 16.4. The third kappa shape index (κ3) is 4.60. The summed E-state index contributed by atoms with van der Waals surface area (Å²) in [7, 11) is -2.00. The topological polar surface area (TPSA) is 71.7 Å². The predicted octanol–water partition coefficient (Wildman–Crippen LogP) is 0.329. The van der Waals surface area contributed by atoms with E-state index in [4.69, 9.17) is 0 Å². The molecule has 0 saturated carbocycles. The number of rotatable bonds is 4. The van der Waals surface area contributed by atoms with E-state index >= 15 is 0 Å². The van der Waals surface area contributed by atoms with Crippen LogP contribution in [0.3, 0.4) is 0 Å². The molecule has 0 atom stereocenters. The molecule has 7 heteroatoms. The van der Waals surface area contributed by atoms with Crippen molar-refractivity contribution in [3.8, 4) is 0 Å². The summed E-state index contributed by atoms with van der Waals surface area (Å²) < 4.78 is 25.0. The highest BCUT2D eigenvalue weighted by molar-refractivity contribution is 7.88. The standard InChI is InChI=1S/C12H19N3O3S/c1-10(2)13-11-7-5-6-8-15(11)12(16)9-14(3)19(4,17)18/h5-8,10H,9H2,1-4H3. The first-order chi connectivity index (χ1) is 8.71. The molecule has 106 valence electrons. The molecular weight excluding hydrogens is 266 g/mol. The van der Waals surface area contributed by atoms with Gasteiger partial charge < -0.3 is 0 Å². The number of hydrogen-bond acceptors (Lipinski definition) is 4. The van der Waals surface area contributed by atoms with Crippen molar-refractivity contribution in [2.24, 2.45) is 4.99 Å². The summed E-state index contributed by atoms with van der Waals surface area (Å²) in [5.41, 5.74) is 0.518. The Balaban J connectivity index is 3.08. The minimum absolute atomic E-state index is 0.0501. The predicted molar refractivity (Wildman–Crippen MR) is 73.2 cm³/mol. The summed E-state index contributed by atoms with van der Waals surface area (Å²) in [5, 5.41) is 0. The van der Waals surface area contributed by atoms with Crippen LogP contribution in [-0.2, 0) is 10.0 Å². The SMILES string of the molecule is CC(C)N=c1ccccn1C(=O)CN(C)S(C)(=O)=O. The third-order valence-corrected chi connectivity index (χ3v) is 3.68. The fraction of sp³-hybridized carbons (Fsp3) is 0.500. The molecule has 0 aliphatic carbocycles. The maximum atomic E-state index is 12.1. The molecule has 6 nitrogen and oxygen atoms in total. The lowest BCUT2D eigenvalue weighted by Gasteiger charge is -2.14.